The number of amides is 3. The number of piperidine rings is 2. The molecule has 2 saturated heterocycles. The molecule has 29 heavy (non-hydrogen) atoms. The van der Waals surface area contributed by atoms with Crippen LogP contribution in [0.1, 0.15) is 32.1 Å². The number of carbonyl (C=O) groups excluding carboxylic acids is 3. The van der Waals surface area contributed by atoms with Crippen LogP contribution in [0.4, 0.5) is 5.69 Å². The predicted octanol–water partition coefficient (Wildman–Crippen LogP) is 2.51. The first-order chi connectivity index (χ1) is 13.8. The molecule has 0 aromatic heterocycles. The van der Waals surface area contributed by atoms with E-state index >= 15 is 0 Å². The number of hydrogen-bond donors (Lipinski definition) is 2. The van der Waals surface area contributed by atoms with Gasteiger partial charge in [0, 0.05) is 24.7 Å². The monoisotopic (exact) mass is 440 g/mol. The third-order valence-electron chi connectivity index (χ3n) is 5.69. The van der Waals surface area contributed by atoms with E-state index < -0.39 is 0 Å². The maximum Gasteiger partial charge on any atom is 0.241 e. The molecular formula is C20H26Cl2N4O3. The van der Waals surface area contributed by atoms with Gasteiger partial charge in [0.05, 0.1) is 22.6 Å². The van der Waals surface area contributed by atoms with Crippen molar-refractivity contribution in [2.24, 2.45) is 11.7 Å². The molecule has 3 amide bonds. The van der Waals surface area contributed by atoms with Gasteiger partial charge in [-0.25, -0.2) is 0 Å². The molecule has 9 heteroatoms. The lowest BCUT2D eigenvalue weighted by Crippen LogP contribution is -2.52. The molecule has 7 nitrogen and oxygen atoms in total. The summed E-state index contributed by atoms with van der Waals surface area (Å²) in [7, 11) is 0. The Hall–Kier alpha value is -1.83. The maximum atomic E-state index is 12.8. The van der Waals surface area contributed by atoms with E-state index in [1.165, 1.54) is 0 Å². The van der Waals surface area contributed by atoms with Crippen LogP contribution < -0.4 is 11.1 Å². The lowest BCUT2D eigenvalue weighted by atomic mass is 9.96. The number of primary amides is 1. The topological polar surface area (TPSA) is 95.7 Å². The number of likely N-dealkylation sites (tertiary alicyclic amines) is 2. The lowest BCUT2D eigenvalue weighted by Gasteiger charge is -2.37. The average Bonchev–Trinajstić information content (AvgIpc) is 2.71. The molecule has 158 valence electrons. The van der Waals surface area contributed by atoms with Gasteiger partial charge in [0.25, 0.3) is 0 Å². The minimum Gasteiger partial charge on any atom is -0.369 e. The van der Waals surface area contributed by atoms with Crippen LogP contribution in [0.25, 0.3) is 0 Å². The number of nitrogens with one attached hydrogen (secondary N) is 1. The van der Waals surface area contributed by atoms with Crippen molar-refractivity contribution >= 4 is 46.6 Å². The average molecular weight is 441 g/mol. The van der Waals surface area contributed by atoms with Gasteiger partial charge in [0.2, 0.25) is 17.7 Å². The fourth-order valence-electron chi connectivity index (χ4n) is 3.96. The van der Waals surface area contributed by atoms with Crippen molar-refractivity contribution in [3.05, 3.63) is 28.2 Å². The molecule has 3 rings (SSSR count). The van der Waals surface area contributed by atoms with E-state index in [9.17, 15) is 14.4 Å². The normalized spacial score (nSPS) is 21.0. The molecule has 0 saturated carbocycles. The van der Waals surface area contributed by atoms with Gasteiger partial charge in [-0.3, -0.25) is 19.3 Å². The highest BCUT2D eigenvalue weighted by Crippen LogP contribution is 2.26. The zero-order chi connectivity index (χ0) is 21.0. The summed E-state index contributed by atoms with van der Waals surface area (Å²) >= 11 is 11.9. The van der Waals surface area contributed by atoms with Gasteiger partial charge in [-0.1, -0.05) is 29.6 Å². The number of nitrogens with two attached hydrogens (primary N) is 1. The van der Waals surface area contributed by atoms with E-state index in [4.69, 9.17) is 28.9 Å². The number of carbonyl (C=O) groups is 3. The quantitative estimate of drug-likeness (QED) is 0.734. The number of halogens is 2. The standard InChI is InChI=1S/C20H26Cl2N4O3/c21-15-5-4-14(11-16(15)22)24-20(29)17-3-1-2-8-26(17)12-18(27)25-9-6-13(7-10-25)19(23)28/h4-5,11,13,17H,1-3,6-10,12H2,(H2,23,28)(H,24,29). The van der Waals surface area contributed by atoms with Crippen molar-refractivity contribution in [2.45, 2.75) is 38.1 Å². The van der Waals surface area contributed by atoms with Gasteiger partial charge >= 0.3 is 0 Å². The third kappa shape index (κ3) is 5.62. The highest BCUT2D eigenvalue weighted by atomic mass is 35.5. The Bertz CT molecular complexity index is 781. The molecule has 0 aliphatic carbocycles. The van der Waals surface area contributed by atoms with E-state index in [1.807, 2.05) is 4.90 Å². The Morgan fingerprint density at radius 1 is 1.03 bits per heavy atom. The number of benzene rings is 1. The summed E-state index contributed by atoms with van der Waals surface area (Å²) in [5, 5.41) is 3.68. The molecule has 0 spiro atoms. The Balaban J connectivity index is 1.59. The summed E-state index contributed by atoms with van der Waals surface area (Å²) in [5.74, 6) is -0.614. The fourth-order valence-corrected chi connectivity index (χ4v) is 4.26. The van der Waals surface area contributed by atoms with Crippen LogP contribution >= 0.6 is 23.2 Å². The van der Waals surface area contributed by atoms with Crippen LogP contribution in [-0.4, -0.2) is 59.7 Å². The van der Waals surface area contributed by atoms with Crippen LogP contribution in [0, 0.1) is 5.92 Å². The summed E-state index contributed by atoms with van der Waals surface area (Å²) in [6.45, 7) is 1.95. The van der Waals surface area contributed by atoms with Crippen LogP contribution in [0.15, 0.2) is 18.2 Å². The van der Waals surface area contributed by atoms with Gasteiger partial charge in [-0.05, 0) is 50.4 Å². The second-order valence-corrected chi connectivity index (χ2v) is 8.47. The molecule has 2 fully saturated rings. The second kappa shape index (κ2) is 9.78. The van der Waals surface area contributed by atoms with Crippen molar-refractivity contribution in [1.82, 2.24) is 9.80 Å². The van der Waals surface area contributed by atoms with Crippen molar-refractivity contribution < 1.29 is 14.4 Å². The Labute approximate surface area is 180 Å². The van der Waals surface area contributed by atoms with Crippen molar-refractivity contribution in [3.8, 4) is 0 Å². The number of anilines is 1. The summed E-state index contributed by atoms with van der Waals surface area (Å²) in [6.07, 6.45) is 3.79. The zero-order valence-electron chi connectivity index (χ0n) is 16.2. The highest BCUT2D eigenvalue weighted by molar-refractivity contribution is 6.42. The third-order valence-corrected chi connectivity index (χ3v) is 6.43. The molecule has 1 unspecified atom stereocenters. The number of nitrogens with zero attached hydrogens (tertiary/aromatic N) is 2. The molecule has 0 radical (unpaired) electrons. The van der Waals surface area contributed by atoms with Crippen molar-refractivity contribution in [1.29, 1.82) is 0 Å². The predicted molar refractivity (Wildman–Crippen MR) is 113 cm³/mol. The van der Waals surface area contributed by atoms with E-state index in [2.05, 4.69) is 5.32 Å². The number of rotatable bonds is 5. The molecule has 2 heterocycles. The first-order valence-electron chi connectivity index (χ1n) is 9.92. The first kappa shape index (κ1) is 21.9. The van der Waals surface area contributed by atoms with Crippen LogP contribution in [-0.2, 0) is 14.4 Å². The maximum absolute atomic E-state index is 12.8. The van der Waals surface area contributed by atoms with Crippen LogP contribution in [0.3, 0.4) is 0 Å². The summed E-state index contributed by atoms with van der Waals surface area (Å²) in [6, 6.07) is 4.58. The van der Waals surface area contributed by atoms with E-state index in [1.54, 1.807) is 23.1 Å². The fraction of sp³-hybridized carbons (Fsp3) is 0.550. The van der Waals surface area contributed by atoms with Gasteiger partial charge in [0.15, 0.2) is 0 Å². The van der Waals surface area contributed by atoms with E-state index in [0.29, 0.717) is 54.6 Å². The van der Waals surface area contributed by atoms with Gasteiger partial charge < -0.3 is 16.0 Å². The SMILES string of the molecule is NC(=O)C1CCN(C(=O)CN2CCCCC2C(=O)Nc2ccc(Cl)c(Cl)c2)CC1. The summed E-state index contributed by atoms with van der Waals surface area (Å²) in [5.41, 5.74) is 5.94. The second-order valence-electron chi connectivity index (χ2n) is 7.66. The van der Waals surface area contributed by atoms with Gasteiger partial charge in [-0.15, -0.1) is 0 Å². The smallest absolute Gasteiger partial charge is 0.241 e. The summed E-state index contributed by atoms with van der Waals surface area (Å²) in [4.78, 5) is 40.6. The van der Waals surface area contributed by atoms with Gasteiger partial charge in [0.1, 0.15) is 0 Å². The molecular weight excluding hydrogens is 415 g/mol. The van der Waals surface area contributed by atoms with Crippen LogP contribution in [0.2, 0.25) is 10.0 Å². The minimum absolute atomic E-state index is 0.0119. The Morgan fingerprint density at radius 2 is 1.76 bits per heavy atom. The molecule has 2 aliphatic heterocycles. The Morgan fingerprint density at radius 3 is 2.41 bits per heavy atom. The van der Waals surface area contributed by atoms with Crippen molar-refractivity contribution in [2.75, 3.05) is 31.5 Å². The lowest BCUT2D eigenvalue weighted by molar-refractivity contribution is -0.137. The molecule has 3 N–H and O–H groups in total. The molecule has 1 aromatic rings. The molecule has 0 bridgehead atoms. The minimum atomic E-state index is -0.370. The van der Waals surface area contributed by atoms with Crippen LogP contribution in [0.5, 0.6) is 0 Å². The number of hydrogen-bond acceptors (Lipinski definition) is 4. The van der Waals surface area contributed by atoms with Crippen molar-refractivity contribution in [3.63, 3.8) is 0 Å². The molecule has 2 aliphatic rings. The largest absolute Gasteiger partial charge is 0.369 e. The first-order valence-corrected chi connectivity index (χ1v) is 10.7. The summed E-state index contributed by atoms with van der Waals surface area (Å²) < 4.78 is 0. The Kier molecular flexibility index (Phi) is 7.38. The van der Waals surface area contributed by atoms with E-state index in [-0.39, 0.29) is 36.2 Å². The molecule has 1 atom stereocenters. The van der Waals surface area contributed by atoms with E-state index in [0.717, 1.165) is 12.8 Å². The molecule has 1 aromatic carbocycles. The highest BCUT2D eigenvalue weighted by Gasteiger charge is 2.32. The van der Waals surface area contributed by atoms with Gasteiger partial charge in [-0.2, -0.15) is 0 Å². The zero-order valence-corrected chi connectivity index (χ0v) is 17.7.